The molecule has 0 unspecified atom stereocenters. The summed E-state index contributed by atoms with van der Waals surface area (Å²) in [6.07, 6.45) is 1.11. The largest absolute Gasteiger partial charge is 0.443 e. The highest BCUT2D eigenvalue weighted by atomic mass is 19.1. The number of anilines is 2. The first-order valence-corrected chi connectivity index (χ1v) is 8.84. The van der Waals surface area contributed by atoms with E-state index < -0.39 is 30.3 Å². The van der Waals surface area contributed by atoms with Gasteiger partial charge in [-0.25, -0.2) is 23.5 Å². The maximum absolute atomic E-state index is 15.1. The normalized spacial score (nSPS) is 13.5. The molecule has 10 nitrogen and oxygen atoms in total. The van der Waals surface area contributed by atoms with Gasteiger partial charge < -0.3 is 26.0 Å². The lowest BCUT2D eigenvalue weighted by Crippen LogP contribution is -2.47. The van der Waals surface area contributed by atoms with E-state index in [4.69, 9.17) is 16.2 Å². The van der Waals surface area contributed by atoms with Crippen LogP contribution in [0.25, 0.3) is 0 Å². The van der Waals surface area contributed by atoms with Gasteiger partial charge in [-0.2, -0.15) is 5.26 Å². The van der Waals surface area contributed by atoms with E-state index in [9.17, 15) is 14.4 Å². The Bertz CT molecular complexity index is 994. The zero-order valence-electron chi connectivity index (χ0n) is 15.8. The highest BCUT2D eigenvalue weighted by molar-refractivity contribution is 5.87. The average molecular weight is 416 g/mol. The van der Waals surface area contributed by atoms with Gasteiger partial charge in [0.05, 0.1) is 23.6 Å². The van der Waals surface area contributed by atoms with E-state index in [0.29, 0.717) is 32.1 Å². The molecule has 1 aromatic carbocycles. The summed E-state index contributed by atoms with van der Waals surface area (Å²) in [7, 11) is 0. The van der Waals surface area contributed by atoms with E-state index in [0.717, 1.165) is 12.4 Å². The molecule has 0 aliphatic carbocycles. The molecular formula is C18H18F2N8O2. The Hall–Kier alpha value is -4.01. The summed E-state index contributed by atoms with van der Waals surface area (Å²) in [5.41, 5.74) is 10.5. The Morgan fingerprint density at radius 3 is 2.40 bits per heavy atom. The Labute approximate surface area is 170 Å². The molecule has 4 N–H and O–H groups in total. The molecule has 0 saturated carbocycles. The minimum absolute atomic E-state index is 0.0763. The molecule has 0 spiro atoms. The number of guanidine groups is 1. The predicted octanol–water partition coefficient (Wildman–Crippen LogP) is 0.863. The molecular weight excluding hydrogens is 398 g/mol. The van der Waals surface area contributed by atoms with Crippen LogP contribution < -0.4 is 21.3 Å². The van der Waals surface area contributed by atoms with E-state index in [1.54, 1.807) is 4.90 Å². The Morgan fingerprint density at radius 2 is 1.80 bits per heavy atom. The number of aliphatic imine (C=N–C) groups is 1. The second-order valence-electron chi connectivity index (χ2n) is 6.31. The molecule has 30 heavy (non-hydrogen) atoms. The van der Waals surface area contributed by atoms with Gasteiger partial charge in [0.1, 0.15) is 12.7 Å². The topological polar surface area (TPSA) is 147 Å². The summed E-state index contributed by atoms with van der Waals surface area (Å²) in [6.45, 7) is 1.25. The van der Waals surface area contributed by atoms with E-state index in [2.05, 4.69) is 15.0 Å². The second kappa shape index (κ2) is 8.99. The molecule has 1 saturated heterocycles. The number of hydrogen-bond donors (Lipinski definition) is 2. The number of nitriles is 1. The first kappa shape index (κ1) is 20.7. The molecule has 156 valence electrons. The Balaban J connectivity index is 1.75. The quantitative estimate of drug-likeness (QED) is 0.547. The number of nitrogens with zero attached hydrogens (tertiary/aromatic N) is 6. The number of hydrogen-bond acceptors (Lipinski definition) is 7. The predicted molar refractivity (Wildman–Crippen MR) is 104 cm³/mol. The van der Waals surface area contributed by atoms with Crippen molar-refractivity contribution in [1.29, 1.82) is 5.26 Å². The van der Waals surface area contributed by atoms with Gasteiger partial charge in [0.2, 0.25) is 5.95 Å². The van der Waals surface area contributed by atoms with Crippen LogP contribution in [0.3, 0.4) is 0 Å². The van der Waals surface area contributed by atoms with Crippen molar-refractivity contribution >= 4 is 23.7 Å². The standard InChI is InChI=1S/C18H18F2N8O2/c19-13-8-24-17(25-9-13)28-5-3-27(4-6-28)15-11(7-21)1-2-12(14(15)20)10-30-18(29)26-16(22)23/h1-2,8-9H,3-6,10H2,(H4,22,23,26,29). The van der Waals surface area contributed by atoms with Crippen LogP contribution in [0.1, 0.15) is 11.1 Å². The van der Waals surface area contributed by atoms with E-state index in [-0.39, 0.29) is 16.8 Å². The lowest BCUT2D eigenvalue weighted by molar-refractivity contribution is 0.149. The molecule has 3 rings (SSSR count). The zero-order chi connectivity index (χ0) is 21.7. The maximum Gasteiger partial charge on any atom is 0.437 e. The smallest absolute Gasteiger partial charge is 0.437 e. The highest BCUT2D eigenvalue weighted by Crippen LogP contribution is 2.29. The van der Waals surface area contributed by atoms with Crippen molar-refractivity contribution in [3.05, 3.63) is 47.3 Å². The number of halogens is 2. The summed E-state index contributed by atoms with van der Waals surface area (Å²) >= 11 is 0. The van der Waals surface area contributed by atoms with Gasteiger partial charge in [0.25, 0.3) is 0 Å². The third kappa shape index (κ3) is 4.69. The Kier molecular flexibility index (Phi) is 6.21. The van der Waals surface area contributed by atoms with Gasteiger partial charge in [-0.15, -0.1) is 4.99 Å². The summed E-state index contributed by atoms with van der Waals surface area (Å²) in [4.78, 5) is 26.1. The van der Waals surface area contributed by atoms with Crippen LogP contribution in [0, 0.1) is 23.0 Å². The van der Waals surface area contributed by atoms with Crippen LogP contribution in [-0.2, 0) is 11.3 Å². The highest BCUT2D eigenvalue weighted by Gasteiger charge is 2.25. The summed E-state index contributed by atoms with van der Waals surface area (Å²) in [5, 5.41) is 9.40. The van der Waals surface area contributed by atoms with Crippen LogP contribution in [0.5, 0.6) is 0 Å². The number of carbonyl (C=O) groups excluding carboxylic acids is 1. The van der Waals surface area contributed by atoms with Crippen molar-refractivity contribution in [2.75, 3.05) is 36.0 Å². The lowest BCUT2D eigenvalue weighted by atomic mass is 10.1. The zero-order valence-corrected chi connectivity index (χ0v) is 15.8. The molecule has 1 aliphatic heterocycles. The third-order valence-electron chi connectivity index (χ3n) is 4.37. The fourth-order valence-electron chi connectivity index (χ4n) is 2.99. The third-order valence-corrected chi connectivity index (χ3v) is 4.37. The van der Waals surface area contributed by atoms with Crippen molar-refractivity contribution in [3.8, 4) is 6.07 Å². The molecule has 0 radical (unpaired) electrons. The molecule has 12 heteroatoms. The van der Waals surface area contributed by atoms with Gasteiger partial charge in [-0.05, 0) is 6.07 Å². The number of aromatic nitrogens is 2. The average Bonchev–Trinajstić information content (AvgIpc) is 2.73. The summed E-state index contributed by atoms with van der Waals surface area (Å²) in [5.74, 6) is -1.30. The minimum atomic E-state index is -1.05. The number of amides is 1. The molecule has 2 heterocycles. The number of benzene rings is 1. The van der Waals surface area contributed by atoms with Crippen molar-refractivity contribution in [3.63, 3.8) is 0 Å². The lowest BCUT2D eigenvalue weighted by Gasteiger charge is -2.36. The maximum atomic E-state index is 15.1. The van der Waals surface area contributed by atoms with E-state index >= 15 is 4.39 Å². The van der Waals surface area contributed by atoms with Crippen LogP contribution in [0.4, 0.5) is 25.2 Å². The van der Waals surface area contributed by atoms with Gasteiger partial charge in [0.15, 0.2) is 17.6 Å². The number of carbonyl (C=O) groups is 1. The van der Waals surface area contributed by atoms with Crippen LogP contribution in [0.2, 0.25) is 0 Å². The van der Waals surface area contributed by atoms with Crippen molar-refractivity contribution in [2.24, 2.45) is 16.5 Å². The van der Waals surface area contributed by atoms with Crippen LogP contribution >= 0.6 is 0 Å². The van der Waals surface area contributed by atoms with Crippen LogP contribution in [0.15, 0.2) is 29.5 Å². The molecule has 2 aromatic rings. The molecule has 1 aromatic heterocycles. The van der Waals surface area contributed by atoms with Gasteiger partial charge >= 0.3 is 6.09 Å². The molecule has 0 atom stereocenters. The SMILES string of the molecule is N#Cc1ccc(COC(=O)N=C(N)N)c(F)c1N1CCN(c2ncc(F)cn2)CC1. The minimum Gasteiger partial charge on any atom is -0.443 e. The summed E-state index contributed by atoms with van der Waals surface area (Å²) < 4.78 is 33.0. The number of ether oxygens (including phenoxy) is 1. The van der Waals surface area contributed by atoms with Gasteiger partial charge in [-0.1, -0.05) is 6.07 Å². The molecule has 1 aliphatic rings. The number of rotatable bonds is 4. The fraction of sp³-hybridized carbons (Fsp3) is 0.278. The Morgan fingerprint density at radius 1 is 1.17 bits per heavy atom. The first-order valence-electron chi connectivity index (χ1n) is 8.84. The van der Waals surface area contributed by atoms with Gasteiger partial charge in [0, 0.05) is 31.7 Å². The first-order chi connectivity index (χ1) is 14.4. The van der Waals surface area contributed by atoms with Crippen LogP contribution in [-0.4, -0.2) is 48.2 Å². The summed E-state index contributed by atoms with van der Waals surface area (Å²) in [6, 6.07) is 4.80. The van der Waals surface area contributed by atoms with Crippen molar-refractivity contribution in [2.45, 2.75) is 6.61 Å². The number of piperazine rings is 1. The number of nitrogens with two attached hydrogens (primary N) is 2. The molecule has 1 fully saturated rings. The fourth-order valence-corrected chi connectivity index (χ4v) is 2.99. The van der Waals surface area contributed by atoms with Crippen molar-refractivity contribution in [1.82, 2.24) is 9.97 Å². The van der Waals surface area contributed by atoms with Crippen molar-refractivity contribution < 1.29 is 18.3 Å². The molecule has 0 bridgehead atoms. The molecule has 1 amide bonds. The second-order valence-corrected chi connectivity index (χ2v) is 6.31. The van der Waals surface area contributed by atoms with Gasteiger partial charge in [-0.3, -0.25) is 0 Å². The monoisotopic (exact) mass is 416 g/mol. The van der Waals surface area contributed by atoms with E-state index in [1.807, 2.05) is 11.0 Å². The van der Waals surface area contributed by atoms with E-state index in [1.165, 1.54) is 12.1 Å².